The Morgan fingerprint density at radius 1 is 0.277 bits per heavy atom. The molecule has 0 radical (unpaired) electrons. The lowest BCUT2D eigenvalue weighted by Crippen LogP contribution is -2.16. The molecule has 0 saturated carbocycles. The van der Waals surface area contributed by atoms with Crippen LogP contribution >= 0.6 is 0 Å². The highest BCUT2D eigenvalue weighted by Crippen LogP contribution is 2.49. The summed E-state index contributed by atoms with van der Waals surface area (Å²) in [5.74, 6) is 0. The topological polar surface area (TPSA) is 9.86 Å². The third-order valence-corrected chi connectivity index (χ3v) is 21.2. The van der Waals surface area contributed by atoms with Crippen molar-refractivity contribution in [1.82, 2.24) is 9.13 Å². The van der Waals surface area contributed by atoms with E-state index in [-0.39, 0.29) is 10.8 Å². The van der Waals surface area contributed by atoms with E-state index in [2.05, 4.69) is 331 Å². The minimum Gasteiger partial charge on any atom is -0.309 e. The third-order valence-electron chi connectivity index (χ3n) is 21.2. The summed E-state index contributed by atoms with van der Waals surface area (Å²) < 4.78 is 4.90. The summed E-state index contributed by atoms with van der Waals surface area (Å²) in [5, 5.41) is 20.7. The monoisotopic (exact) mass is 1200 g/mol. The largest absolute Gasteiger partial charge is 0.309 e. The van der Waals surface area contributed by atoms with Gasteiger partial charge in [-0.3, -0.25) is 0 Å². The lowest BCUT2D eigenvalue weighted by molar-refractivity contribution is 0.474. The van der Waals surface area contributed by atoms with Crippen LogP contribution in [0.1, 0.15) is 76.6 Å². The van der Waals surface area contributed by atoms with Gasteiger partial charge >= 0.3 is 0 Å². The van der Waals surface area contributed by atoms with Gasteiger partial charge in [0.1, 0.15) is 0 Å². The summed E-state index contributed by atoms with van der Waals surface area (Å²) in [4.78, 5) is 0. The molecular weight excluding hydrogens is 1130 g/mol. The lowest BCUT2D eigenvalue weighted by Gasteiger charge is -2.26. The molecule has 0 aliphatic rings. The zero-order valence-corrected chi connectivity index (χ0v) is 54.7. The van der Waals surface area contributed by atoms with Crippen molar-refractivity contribution in [2.24, 2.45) is 0 Å². The van der Waals surface area contributed by atoms with Gasteiger partial charge in [0.2, 0.25) is 0 Å². The zero-order valence-electron chi connectivity index (χ0n) is 54.7. The number of aryl methyl sites for hydroxylation is 2. The number of benzene rings is 16. The third kappa shape index (κ3) is 8.69. The number of nitrogens with zero attached hydrogens (tertiary/aromatic N) is 2. The van der Waals surface area contributed by atoms with E-state index in [0.717, 1.165) is 24.2 Å². The number of para-hydroxylation sites is 2. The van der Waals surface area contributed by atoms with Gasteiger partial charge < -0.3 is 9.13 Å². The maximum atomic E-state index is 2.47. The fraction of sp³-hybridized carbons (Fsp3) is 0.130. The Bertz CT molecular complexity index is 6040. The van der Waals surface area contributed by atoms with Crippen LogP contribution in [-0.2, 0) is 10.8 Å². The average molecular weight is 1210 g/mol. The first-order valence-electron chi connectivity index (χ1n) is 33.7. The van der Waals surface area contributed by atoms with Crippen molar-refractivity contribution in [2.45, 2.75) is 79.1 Å². The van der Waals surface area contributed by atoms with Crippen LogP contribution in [0, 0.1) is 13.8 Å². The van der Waals surface area contributed by atoms with E-state index >= 15 is 0 Å². The predicted molar refractivity (Wildman–Crippen MR) is 406 cm³/mol. The molecule has 2 heteroatoms. The van der Waals surface area contributed by atoms with Crippen LogP contribution in [0.15, 0.2) is 267 Å². The second-order valence-electron chi connectivity index (χ2n) is 28.6. The highest BCUT2D eigenvalue weighted by molar-refractivity contribution is 6.30. The highest BCUT2D eigenvalue weighted by Gasteiger charge is 2.26. The average Bonchev–Trinajstić information content (AvgIpc) is 0.782. The first-order chi connectivity index (χ1) is 45.7. The van der Waals surface area contributed by atoms with E-state index in [1.807, 2.05) is 0 Å². The maximum Gasteiger partial charge on any atom is 0.0541 e. The van der Waals surface area contributed by atoms with Gasteiger partial charge in [0.25, 0.3) is 0 Å². The van der Waals surface area contributed by atoms with Crippen LogP contribution in [-0.4, -0.2) is 9.13 Å². The van der Waals surface area contributed by atoms with Gasteiger partial charge in [0.15, 0.2) is 0 Å². The number of hydrogen-bond acceptors (Lipinski definition) is 0. The summed E-state index contributed by atoms with van der Waals surface area (Å²) in [7, 11) is 0. The molecule has 2 aromatic heterocycles. The molecule has 0 spiro atoms. The van der Waals surface area contributed by atoms with Gasteiger partial charge in [0.05, 0.1) is 22.1 Å². The molecule has 94 heavy (non-hydrogen) atoms. The SMILES string of the molecule is CCCC(C)(C)c1cc2ccc3c(-c4ccc(C)cc4)cc(-c4ccc(-n5c6ccccc6c6cc(-c7ccc8c(c7)c7ccccc7n8-c7ccc(-c8cc(-c9ccc(C)cc9)c9ccc%10cc(C(C)(C)C)cc%11ccc8c9c%10%11)cc7)ccc65)cc4)c4ccc(c1)c2c34. The predicted octanol–water partition coefficient (Wildman–Crippen LogP) is 26.0. The Hall–Kier alpha value is -10.8. The van der Waals surface area contributed by atoms with E-state index < -0.39 is 0 Å². The Morgan fingerprint density at radius 3 is 0.968 bits per heavy atom. The fourth-order valence-electron chi connectivity index (χ4n) is 16.3. The Morgan fingerprint density at radius 2 is 0.606 bits per heavy atom. The standard InChI is InChI=1S/C92H72N2/c1-9-46-92(7,8)68-49-65-32-42-74-78(58-24-20-56(3)21-25-58)54-80(76-43-33-66(50-68)88(65)90(74)76)60-28-38-70(39-29-60)94-84-17-13-11-15-72(84)82-52-62(35-45-86(82)94)61-34-44-85-81(51-61)71-14-10-12-16-83(71)93(85)69-36-26-59(27-37-69)79-53-77(57-22-18-55(2)19-23-57)73-40-30-63-47-67(91(4,5)6)48-64-31-41-75(79)89(73)87(63)64/h10-45,47-54H,9,46H2,1-8H3. The van der Waals surface area contributed by atoms with E-state index in [9.17, 15) is 0 Å². The molecule has 0 saturated heterocycles. The van der Waals surface area contributed by atoms with Gasteiger partial charge in [0, 0.05) is 32.9 Å². The number of aromatic nitrogens is 2. The summed E-state index contributed by atoms with van der Waals surface area (Å²) in [5.41, 5.74) is 24.8. The minimum absolute atomic E-state index is 0.0439. The number of rotatable bonds is 10. The second-order valence-corrected chi connectivity index (χ2v) is 28.6. The normalized spacial score (nSPS) is 12.6. The molecule has 18 rings (SSSR count). The van der Waals surface area contributed by atoms with Crippen LogP contribution in [0.25, 0.3) is 175 Å². The minimum atomic E-state index is 0.0439. The van der Waals surface area contributed by atoms with E-state index in [0.29, 0.717) is 0 Å². The van der Waals surface area contributed by atoms with Gasteiger partial charge in [-0.2, -0.15) is 0 Å². The summed E-state index contributed by atoms with van der Waals surface area (Å²) in [6.07, 6.45) is 2.31. The summed E-state index contributed by atoms with van der Waals surface area (Å²) in [6, 6.07) is 102. The van der Waals surface area contributed by atoms with Crippen LogP contribution in [0.2, 0.25) is 0 Å². The molecule has 0 aliphatic heterocycles. The quantitative estimate of drug-likeness (QED) is 0.121. The van der Waals surface area contributed by atoms with Crippen molar-refractivity contribution in [1.29, 1.82) is 0 Å². The molecule has 450 valence electrons. The fourth-order valence-corrected chi connectivity index (χ4v) is 16.3. The molecule has 0 N–H and O–H groups in total. The van der Waals surface area contributed by atoms with E-state index in [1.165, 1.54) is 186 Å². The zero-order chi connectivity index (χ0) is 63.5. The van der Waals surface area contributed by atoms with Crippen molar-refractivity contribution in [3.63, 3.8) is 0 Å². The smallest absolute Gasteiger partial charge is 0.0541 e. The van der Waals surface area contributed by atoms with Gasteiger partial charge in [-0.05, 0) is 235 Å². The van der Waals surface area contributed by atoms with Crippen molar-refractivity contribution < 1.29 is 0 Å². The molecular formula is C92H72N2. The number of fused-ring (bicyclic) bond motifs is 6. The molecule has 0 aliphatic carbocycles. The van der Waals surface area contributed by atoms with Crippen molar-refractivity contribution in [3.05, 3.63) is 289 Å². The molecule has 0 atom stereocenters. The molecule has 0 amide bonds. The van der Waals surface area contributed by atoms with Crippen LogP contribution in [0.4, 0.5) is 0 Å². The summed E-state index contributed by atoms with van der Waals surface area (Å²) in [6.45, 7) is 18.4. The molecule has 18 aromatic rings. The van der Waals surface area contributed by atoms with Gasteiger partial charge in [-0.15, -0.1) is 0 Å². The molecule has 2 nitrogen and oxygen atoms in total. The van der Waals surface area contributed by atoms with Gasteiger partial charge in [-0.25, -0.2) is 0 Å². The molecule has 0 bridgehead atoms. The van der Waals surface area contributed by atoms with Crippen molar-refractivity contribution in [2.75, 3.05) is 0 Å². The lowest BCUT2D eigenvalue weighted by atomic mass is 9.78. The van der Waals surface area contributed by atoms with E-state index in [4.69, 9.17) is 0 Å². The van der Waals surface area contributed by atoms with Crippen LogP contribution in [0.3, 0.4) is 0 Å². The molecule has 0 fully saturated rings. The van der Waals surface area contributed by atoms with Crippen molar-refractivity contribution in [3.8, 4) is 67.0 Å². The van der Waals surface area contributed by atoms with Crippen LogP contribution < -0.4 is 0 Å². The Labute approximate surface area is 549 Å². The molecule has 2 heterocycles. The highest BCUT2D eigenvalue weighted by atomic mass is 15.0. The van der Waals surface area contributed by atoms with E-state index in [1.54, 1.807) is 0 Å². The van der Waals surface area contributed by atoms with Gasteiger partial charge in [-0.1, -0.05) is 253 Å². The Balaban J connectivity index is 0.714. The maximum absolute atomic E-state index is 2.47. The first kappa shape index (κ1) is 56.0. The first-order valence-corrected chi connectivity index (χ1v) is 33.7. The molecule has 0 unspecified atom stereocenters. The molecule has 16 aromatic carbocycles. The van der Waals surface area contributed by atoms with Crippen LogP contribution in [0.5, 0.6) is 0 Å². The van der Waals surface area contributed by atoms with Crippen molar-refractivity contribution >= 4 is 108 Å². The second kappa shape index (κ2) is 20.9. The number of hydrogen-bond donors (Lipinski definition) is 0. The summed E-state index contributed by atoms with van der Waals surface area (Å²) >= 11 is 0. The Kier molecular flexibility index (Phi) is 12.4.